The molecule has 0 saturated heterocycles. The van der Waals surface area contributed by atoms with Crippen LogP contribution in [0.25, 0.3) is 11.1 Å². The van der Waals surface area contributed by atoms with Gasteiger partial charge in [0, 0.05) is 11.4 Å². The fraction of sp³-hybridized carbons (Fsp3) is 0.294. The topological polar surface area (TPSA) is 52.0 Å². The van der Waals surface area contributed by atoms with Crippen molar-refractivity contribution in [3.63, 3.8) is 0 Å². The van der Waals surface area contributed by atoms with Gasteiger partial charge in [0.1, 0.15) is 0 Å². The molecule has 2 aromatic carbocycles. The predicted molar refractivity (Wildman–Crippen MR) is 82.3 cm³/mol. The largest absolute Gasteiger partial charge is 0.399 e. The average molecular weight is 252 g/mol. The zero-order valence-electron chi connectivity index (χ0n) is 11.6. The van der Waals surface area contributed by atoms with Crippen molar-refractivity contribution < 1.29 is 0 Å². The van der Waals surface area contributed by atoms with E-state index in [2.05, 4.69) is 32.0 Å². The number of fused-ring (bicyclic) bond motifs is 3. The molecule has 98 valence electrons. The Morgan fingerprint density at radius 3 is 2.47 bits per heavy atom. The summed E-state index contributed by atoms with van der Waals surface area (Å²) in [5.74, 6) is 0. The maximum Gasteiger partial charge on any atom is 0.0382 e. The van der Waals surface area contributed by atoms with Crippen molar-refractivity contribution in [2.24, 2.45) is 0 Å². The first-order chi connectivity index (χ1) is 9.15. The van der Waals surface area contributed by atoms with Crippen molar-refractivity contribution in [3.8, 4) is 11.1 Å². The van der Waals surface area contributed by atoms with Gasteiger partial charge in [-0.1, -0.05) is 19.9 Å². The van der Waals surface area contributed by atoms with E-state index in [1.807, 2.05) is 6.07 Å². The van der Waals surface area contributed by atoms with E-state index >= 15 is 0 Å². The van der Waals surface area contributed by atoms with Gasteiger partial charge in [-0.25, -0.2) is 0 Å². The lowest BCUT2D eigenvalue weighted by Crippen LogP contribution is -2.03. The highest BCUT2D eigenvalue weighted by molar-refractivity contribution is 5.83. The molecular formula is C17H20N2. The van der Waals surface area contributed by atoms with Crippen LogP contribution in [0.4, 0.5) is 11.4 Å². The van der Waals surface area contributed by atoms with E-state index < -0.39 is 0 Å². The normalized spacial score (nSPS) is 12.3. The van der Waals surface area contributed by atoms with E-state index in [0.717, 1.165) is 30.6 Å². The Bertz CT molecular complexity index is 657. The third-order valence-corrected chi connectivity index (χ3v) is 4.20. The first-order valence-electron chi connectivity index (χ1n) is 6.97. The first kappa shape index (κ1) is 12.1. The van der Waals surface area contributed by atoms with Crippen LogP contribution in [0.1, 0.15) is 36.1 Å². The maximum absolute atomic E-state index is 6.32. The molecular weight excluding hydrogens is 232 g/mol. The highest BCUT2D eigenvalue weighted by Crippen LogP contribution is 2.42. The lowest BCUT2D eigenvalue weighted by Gasteiger charge is -2.14. The van der Waals surface area contributed by atoms with Crippen LogP contribution in [-0.4, -0.2) is 0 Å². The minimum absolute atomic E-state index is 0.841. The molecule has 0 atom stereocenters. The molecule has 0 unspecified atom stereocenters. The van der Waals surface area contributed by atoms with Crippen molar-refractivity contribution >= 4 is 11.4 Å². The van der Waals surface area contributed by atoms with Crippen molar-refractivity contribution in [1.82, 2.24) is 0 Å². The number of anilines is 2. The zero-order chi connectivity index (χ0) is 13.6. The molecule has 0 heterocycles. The van der Waals surface area contributed by atoms with Crippen molar-refractivity contribution in [3.05, 3.63) is 46.5 Å². The van der Waals surface area contributed by atoms with Crippen LogP contribution in [-0.2, 0) is 19.3 Å². The number of nitrogen functional groups attached to an aromatic ring is 2. The number of nitrogens with two attached hydrogens (primary N) is 2. The summed E-state index contributed by atoms with van der Waals surface area (Å²) >= 11 is 0. The molecule has 19 heavy (non-hydrogen) atoms. The second-order valence-corrected chi connectivity index (χ2v) is 5.25. The van der Waals surface area contributed by atoms with Gasteiger partial charge in [0.15, 0.2) is 0 Å². The molecule has 0 amide bonds. The smallest absolute Gasteiger partial charge is 0.0382 e. The summed E-state index contributed by atoms with van der Waals surface area (Å²) in [6.07, 6.45) is 2.94. The Labute approximate surface area is 114 Å². The quantitative estimate of drug-likeness (QED) is 0.685. The van der Waals surface area contributed by atoms with Crippen LogP contribution < -0.4 is 11.5 Å². The van der Waals surface area contributed by atoms with Crippen molar-refractivity contribution in [1.29, 1.82) is 0 Å². The Kier molecular flexibility index (Phi) is 2.74. The van der Waals surface area contributed by atoms with Gasteiger partial charge in [-0.3, -0.25) is 0 Å². The number of hydrogen-bond acceptors (Lipinski definition) is 2. The van der Waals surface area contributed by atoms with Gasteiger partial charge < -0.3 is 11.5 Å². The molecule has 0 fully saturated rings. The molecule has 0 saturated carbocycles. The fourth-order valence-electron chi connectivity index (χ4n) is 3.21. The first-order valence-corrected chi connectivity index (χ1v) is 6.97. The van der Waals surface area contributed by atoms with Crippen LogP contribution >= 0.6 is 0 Å². The summed E-state index contributed by atoms with van der Waals surface area (Å²) in [5.41, 5.74) is 22.1. The Morgan fingerprint density at radius 2 is 1.79 bits per heavy atom. The standard InChI is InChI=1S/C17H20N2/c1-3-10-8-16-14-6-5-12(18)7-11(14)9-15(16)13(4-2)17(10)19/h5-8H,3-4,9,18-19H2,1-2H3. The second kappa shape index (κ2) is 4.30. The number of hydrogen-bond donors (Lipinski definition) is 2. The van der Waals surface area contributed by atoms with Crippen LogP contribution in [0.15, 0.2) is 24.3 Å². The van der Waals surface area contributed by atoms with Crippen LogP contribution in [0, 0.1) is 0 Å². The third kappa shape index (κ3) is 1.71. The van der Waals surface area contributed by atoms with E-state index in [-0.39, 0.29) is 0 Å². The van der Waals surface area contributed by atoms with Gasteiger partial charge in [0.2, 0.25) is 0 Å². The summed E-state index contributed by atoms with van der Waals surface area (Å²) in [5, 5.41) is 0. The van der Waals surface area contributed by atoms with Crippen molar-refractivity contribution in [2.45, 2.75) is 33.1 Å². The lowest BCUT2D eigenvalue weighted by atomic mass is 9.93. The van der Waals surface area contributed by atoms with E-state index in [9.17, 15) is 0 Å². The highest BCUT2D eigenvalue weighted by Gasteiger charge is 2.23. The molecule has 3 rings (SSSR count). The average Bonchev–Trinajstić information content (AvgIpc) is 2.74. The molecule has 0 aromatic heterocycles. The molecule has 1 aliphatic rings. The fourth-order valence-corrected chi connectivity index (χ4v) is 3.21. The Hall–Kier alpha value is -1.96. The van der Waals surface area contributed by atoms with Gasteiger partial charge in [-0.2, -0.15) is 0 Å². The van der Waals surface area contributed by atoms with Gasteiger partial charge in [0.05, 0.1) is 0 Å². The maximum atomic E-state index is 6.32. The molecule has 2 heteroatoms. The summed E-state index contributed by atoms with van der Waals surface area (Å²) < 4.78 is 0. The molecule has 0 bridgehead atoms. The molecule has 2 nitrogen and oxygen atoms in total. The predicted octanol–water partition coefficient (Wildman–Crippen LogP) is 3.55. The molecule has 1 aliphatic carbocycles. The summed E-state index contributed by atoms with van der Waals surface area (Å²) in [4.78, 5) is 0. The second-order valence-electron chi connectivity index (χ2n) is 5.25. The summed E-state index contributed by atoms with van der Waals surface area (Å²) in [6, 6.07) is 8.50. The lowest BCUT2D eigenvalue weighted by molar-refractivity contribution is 1.06. The van der Waals surface area contributed by atoms with Gasteiger partial charge in [0.25, 0.3) is 0 Å². The van der Waals surface area contributed by atoms with Crippen LogP contribution in [0.5, 0.6) is 0 Å². The Balaban J connectivity index is 2.28. The summed E-state index contributed by atoms with van der Waals surface area (Å²) in [6.45, 7) is 4.35. The van der Waals surface area contributed by atoms with E-state index in [1.165, 1.54) is 33.4 Å². The van der Waals surface area contributed by atoms with Gasteiger partial charge in [-0.05, 0) is 70.8 Å². The molecule has 0 spiro atoms. The molecule has 2 aromatic rings. The third-order valence-electron chi connectivity index (χ3n) is 4.20. The molecule has 0 radical (unpaired) electrons. The number of rotatable bonds is 2. The number of aryl methyl sites for hydroxylation is 1. The minimum atomic E-state index is 0.841. The zero-order valence-corrected chi connectivity index (χ0v) is 11.6. The van der Waals surface area contributed by atoms with E-state index in [4.69, 9.17) is 11.5 Å². The molecule has 4 N–H and O–H groups in total. The Morgan fingerprint density at radius 1 is 1.00 bits per heavy atom. The number of benzene rings is 2. The van der Waals surface area contributed by atoms with E-state index in [1.54, 1.807) is 0 Å². The minimum Gasteiger partial charge on any atom is -0.399 e. The monoisotopic (exact) mass is 252 g/mol. The van der Waals surface area contributed by atoms with Crippen LogP contribution in [0.3, 0.4) is 0 Å². The molecule has 0 aliphatic heterocycles. The van der Waals surface area contributed by atoms with Gasteiger partial charge >= 0.3 is 0 Å². The van der Waals surface area contributed by atoms with E-state index in [0.29, 0.717) is 0 Å². The summed E-state index contributed by atoms with van der Waals surface area (Å²) in [7, 11) is 0. The van der Waals surface area contributed by atoms with Crippen LogP contribution in [0.2, 0.25) is 0 Å². The highest BCUT2D eigenvalue weighted by atomic mass is 14.6. The van der Waals surface area contributed by atoms with Crippen molar-refractivity contribution in [2.75, 3.05) is 11.5 Å². The SMILES string of the molecule is CCc1cc2c(c(CC)c1N)Cc1cc(N)ccc1-2. The van der Waals surface area contributed by atoms with Gasteiger partial charge in [-0.15, -0.1) is 0 Å².